The number of rotatable bonds is 8. The lowest BCUT2D eigenvalue weighted by Crippen LogP contribution is -2.32. The average molecular weight is 294 g/mol. The second-order valence-corrected chi connectivity index (χ2v) is 5.25. The van der Waals surface area contributed by atoms with Gasteiger partial charge in [0.1, 0.15) is 0 Å². The summed E-state index contributed by atoms with van der Waals surface area (Å²) in [5, 5.41) is 18.1. The molecule has 0 aliphatic heterocycles. The molecule has 0 radical (unpaired) electrons. The van der Waals surface area contributed by atoms with Crippen LogP contribution in [0.3, 0.4) is 0 Å². The smallest absolute Gasteiger partial charge is 0.0635 e. The summed E-state index contributed by atoms with van der Waals surface area (Å²) in [5.74, 6) is 0. The lowest BCUT2D eigenvalue weighted by Gasteiger charge is -2.32. The fraction of sp³-hybridized carbons (Fsp3) is 0.316. The van der Waals surface area contributed by atoms with Gasteiger partial charge in [-0.15, -0.1) is 0 Å². The molecule has 0 atom stereocenters. The highest BCUT2D eigenvalue weighted by Crippen LogP contribution is 2.28. The second kappa shape index (κ2) is 8.99. The lowest BCUT2D eigenvalue weighted by atomic mass is 9.96. The van der Waals surface area contributed by atoms with Crippen molar-refractivity contribution in [2.45, 2.75) is 18.9 Å². The Morgan fingerprint density at radius 2 is 1.45 bits per heavy atom. The molecule has 0 saturated carbocycles. The molecule has 3 nitrogen and oxygen atoms in total. The minimum Gasteiger partial charge on any atom is -0.396 e. The molecule has 0 fully saturated rings. The van der Waals surface area contributed by atoms with Gasteiger partial charge in [-0.1, -0.05) is 60.7 Å². The Morgan fingerprint density at radius 1 is 0.909 bits per heavy atom. The van der Waals surface area contributed by atoms with E-state index in [1.165, 1.54) is 11.1 Å². The van der Waals surface area contributed by atoms with Crippen LogP contribution in [0.15, 0.2) is 60.7 Å². The van der Waals surface area contributed by atoms with Gasteiger partial charge < -0.3 is 5.11 Å². The van der Waals surface area contributed by atoms with Crippen LogP contribution in [-0.2, 0) is 0 Å². The molecule has 1 N–H and O–H groups in total. The molecule has 3 heteroatoms. The van der Waals surface area contributed by atoms with Crippen LogP contribution < -0.4 is 0 Å². The standard InChI is InChI=1S/C19H22N2O/c20-13-7-14-21(15-8-16-22)19(17-9-3-1-4-10-17)18-11-5-2-6-12-18/h1-6,9-12,19,22H,7-8,14-16H2. The van der Waals surface area contributed by atoms with E-state index in [9.17, 15) is 5.11 Å². The Hall–Kier alpha value is -2.15. The van der Waals surface area contributed by atoms with E-state index < -0.39 is 0 Å². The van der Waals surface area contributed by atoms with E-state index in [1.54, 1.807) is 0 Å². The van der Waals surface area contributed by atoms with E-state index in [0.717, 1.165) is 6.54 Å². The van der Waals surface area contributed by atoms with Crippen LogP contribution in [0.1, 0.15) is 30.0 Å². The molecular formula is C19H22N2O. The first-order chi connectivity index (χ1) is 10.9. The molecule has 0 aromatic heterocycles. The maximum atomic E-state index is 9.17. The number of hydrogen-bond donors (Lipinski definition) is 1. The summed E-state index contributed by atoms with van der Waals surface area (Å²) < 4.78 is 0. The molecule has 2 aromatic rings. The first kappa shape index (κ1) is 16.2. The second-order valence-electron chi connectivity index (χ2n) is 5.25. The summed E-state index contributed by atoms with van der Waals surface area (Å²) in [4.78, 5) is 2.28. The molecule has 0 heterocycles. The number of aliphatic hydroxyl groups excluding tert-OH is 1. The lowest BCUT2D eigenvalue weighted by molar-refractivity contribution is 0.197. The zero-order valence-electron chi connectivity index (χ0n) is 12.7. The van der Waals surface area contributed by atoms with Gasteiger partial charge in [-0.2, -0.15) is 5.26 Å². The van der Waals surface area contributed by atoms with Crippen LogP contribution in [-0.4, -0.2) is 29.7 Å². The minimum atomic E-state index is 0.113. The molecule has 0 saturated heterocycles. The number of nitriles is 1. The molecule has 0 spiro atoms. The average Bonchev–Trinajstić information content (AvgIpc) is 2.59. The Labute approximate surface area is 132 Å². The third kappa shape index (κ3) is 4.42. The first-order valence-electron chi connectivity index (χ1n) is 7.68. The fourth-order valence-corrected chi connectivity index (χ4v) is 2.72. The van der Waals surface area contributed by atoms with Crippen molar-refractivity contribution in [2.75, 3.05) is 19.7 Å². The van der Waals surface area contributed by atoms with Crippen molar-refractivity contribution in [3.05, 3.63) is 71.8 Å². The summed E-state index contributed by atoms with van der Waals surface area (Å²) in [5.41, 5.74) is 2.43. The zero-order valence-corrected chi connectivity index (χ0v) is 12.7. The third-order valence-corrected chi connectivity index (χ3v) is 3.71. The molecule has 22 heavy (non-hydrogen) atoms. The first-order valence-corrected chi connectivity index (χ1v) is 7.68. The van der Waals surface area contributed by atoms with Crippen LogP contribution in [0, 0.1) is 11.3 Å². The molecule has 2 rings (SSSR count). The molecule has 0 bridgehead atoms. The molecular weight excluding hydrogens is 272 g/mol. The molecule has 0 aliphatic carbocycles. The molecule has 114 valence electrons. The molecule has 0 unspecified atom stereocenters. The van der Waals surface area contributed by atoms with Crippen LogP contribution in [0.25, 0.3) is 0 Å². The van der Waals surface area contributed by atoms with E-state index in [1.807, 2.05) is 36.4 Å². The number of benzene rings is 2. The minimum absolute atomic E-state index is 0.113. The zero-order chi connectivity index (χ0) is 15.6. The Morgan fingerprint density at radius 3 is 1.91 bits per heavy atom. The summed E-state index contributed by atoms with van der Waals surface area (Å²) >= 11 is 0. The number of nitrogens with zero attached hydrogens (tertiary/aromatic N) is 2. The van der Waals surface area contributed by atoms with Crippen LogP contribution in [0.4, 0.5) is 0 Å². The predicted octanol–water partition coefficient (Wildman–Crippen LogP) is 3.37. The van der Waals surface area contributed by atoms with E-state index in [2.05, 4.69) is 35.2 Å². The van der Waals surface area contributed by atoms with Crippen molar-refractivity contribution in [1.82, 2.24) is 4.90 Å². The van der Waals surface area contributed by atoms with E-state index in [4.69, 9.17) is 5.26 Å². The number of aliphatic hydroxyl groups is 1. The van der Waals surface area contributed by atoms with Crippen molar-refractivity contribution in [3.8, 4) is 6.07 Å². The summed E-state index contributed by atoms with van der Waals surface area (Å²) in [7, 11) is 0. The highest BCUT2D eigenvalue weighted by atomic mass is 16.3. The topological polar surface area (TPSA) is 47.3 Å². The van der Waals surface area contributed by atoms with Gasteiger partial charge in [-0.05, 0) is 17.5 Å². The van der Waals surface area contributed by atoms with Gasteiger partial charge in [0.05, 0.1) is 12.1 Å². The largest absolute Gasteiger partial charge is 0.396 e. The fourth-order valence-electron chi connectivity index (χ4n) is 2.72. The van der Waals surface area contributed by atoms with Gasteiger partial charge in [-0.3, -0.25) is 4.90 Å². The van der Waals surface area contributed by atoms with Crippen molar-refractivity contribution in [2.24, 2.45) is 0 Å². The quantitative estimate of drug-likeness (QED) is 0.812. The molecule has 0 amide bonds. The Balaban J connectivity index is 2.34. The third-order valence-electron chi connectivity index (χ3n) is 3.71. The van der Waals surface area contributed by atoms with Crippen molar-refractivity contribution in [3.63, 3.8) is 0 Å². The number of hydrogen-bond acceptors (Lipinski definition) is 3. The normalized spacial score (nSPS) is 10.8. The predicted molar refractivity (Wildman–Crippen MR) is 88.2 cm³/mol. The maximum Gasteiger partial charge on any atom is 0.0635 e. The van der Waals surface area contributed by atoms with Crippen LogP contribution in [0.2, 0.25) is 0 Å². The van der Waals surface area contributed by atoms with Gasteiger partial charge in [0.15, 0.2) is 0 Å². The van der Waals surface area contributed by atoms with Gasteiger partial charge >= 0.3 is 0 Å². The van der Waals surface area contributed by atoms with E-state index in [0.29, 0.717) is 19.4 Å². The summed E-state index contributed by atoms with van der Waals surface area (Å²) in [6.45, 7) is 1.64. The van der Waals surface area contributed by atoms with Crippen LogP contribution in [0.5, 0.6) is 0 Å². The van der Waals surface area contributed by atoms with Crippen molar-refractivity contribution in [1.29, 1.82) is 5.26 Å². The Kier molecular flexibility index (Phi) is 6.63. The molecule has 2 aromatic carbocycles. The summed E-state index contributed by atoms with van der Waals surface area (Å²) in [6.07, 6.45) is 1.20. The highest BCUT2D eigenvalue weighted by Gasteiger charge is 2.21. The molecule has 0 aliphatic rings. The van der Waals surface area contributed by atoms with E-state index in [-0.39, 0.29) is 12.6 Å². The van der Waals surface area contributed by atoms with Gasteiger partial charge in [0.2, 0.25) is 0 Å². The highest BCUT2D eigenvalue weighted by molar-refractivity contribution is 5.31. The Bertz CT molecular complexity index is 538. The summed E-state index contributed by atoms with van der Waals surface area (Å²) in [6, 6.07) is 23.0. The van der Waals surface area contributed by atoms with Gasteiger partial charge in [0, 0.05) is 26.1 Å². The monoisotopic (exact) mass is 294 g/mol. The van der Waals surface area contributed by atoms with Gasteiger partial charge in [-0.25, -0.2) is 0 Å². The van der Waals surface area contributed by atoms with E-state index >= 15 is 0 Å². The maximum absolute atomic E-state index is 9.17. The van der Waals surface area contributed by atoms with Crippen LogP contribution >= 0.6 is 0 Å². The SMILES string of the molecule is N#CCCN(CCCO)C(c1ccccc1)c1ccccc1. The van der Waals surface area contributed by atoms with Gasteiger partial charge in [0.25, 0.3) is 0 Å². The van der Waals surface area contributed by atoms with Crippen molar-refractivity contribution >= 4 is 0 Å². The van der Waals surface area contributed by atoms with Crippen molar-refractivity contribution < 1.29 is 5.11 Å².